The molecule has 0 aliphatic rings. The number of amides is 1. The minimum absolute atomic E-state index is 0.104. The number of nitro groups is 1. The molecule has 0 bridgehead atoms. The van der Waals surface area contributed by atoms with Gasteiger partial charge in [0, 0.05) is 6.07 Å². The molecule has 122 valence electrons. The second-order valence-corrected chi connectivity index (χ2v) is 7.76. The van der Waals surface area contributed by atoms with Gasteiger partial charge in [-0.05, 0) is 41.1 Å². The first-order chi connectivity index (χ1) is 10.9. The van der Waals surface area contributed by atoms with E-state index < -0.39 is 4.92 Å². The molecule has 1 aromatic heterocycles. The minimum atomic E-state index is -0.500. The maximum Gasteiger partial charge on any atom is 0.292 e. The molecule has 1 heterocycles. The first kappa shape index (κ1) is 17.6. The summed E-state index contributed by atoms with van der Waals surface area (Å²) in [7, 11) is 1.93. The molecule has 2 rings (SSSR count). The highest BCUT2D eigenvalue weighted by Crippen LogP contribution is 2.23. The van der Waals surface area contributed by atoms with Crippen LogP contribution in [0.2, 0.25) is 0 Å². The Morgan fingerprint density at radius 1 is 1.39 bits per heavy atom. The highest BCUT2D eigenvalue weighted by Gasteiger charge is 2.24. The summed E-state index contributed by atoms with van der Waals surface area (Å²) in [5.74, 6) is -0.243. The molecule has 1 amide bonds. The van der Waals surface area contributed by atoms with Gasteiger partial charge in [0.15, 0.2) is 6.04 Å². The molecule has 6 nitrogen and oxygen atoms in total. The number of carbonyl (C=O) groups excluding carboxylic acids is 1. The molecule has 0 aliphatic heterocycles. The topological polar surface area (TPSA) is 76.7 Å². The molecule has 0 fully saturated rings. The van der Waals surface area contributed by atoms with Gasteiger partial charge in [0.2, 0.25) is 0 Å². The fraction of sp³-hybridized carbons (Fsp3) is 0.267. The van der Waals surface area contributed by atoms with E-state index in [-0.39, 0.29) is 23.3 Å². The number of nitro benzene ring substituents is 1. The average molecular weight is 399 g/mol. The molecule has 0 saturated carbocycles. The number of halogens is 1. The number of carbonyl (C=O) groups is 1. The summed E-state index contributed by atoms with van der Waals surface area (Å²) in [4.78, 5) is 25.0. The molecule has 8 heteroatoms. The maximum absolute atomic E-state index is 12.4. The van der Waals surface area contributed by atoms with Crippen molar-refractivity contribution in [2.45, 2.75) is 19.5 Å². The van der Waals surface area contributed by atoms with Gasteiger partial charge < -0.3 is 10.2 Å². The Morgan fingerprint density at radius 3 is 2.70 bits per heavy atom. The fourth-order valence-electron chi connectivity index (χ4n) is 2.08. The average Bonchev–Trinajstić information content (AvgIpc) is 2.91. The largest absolute Gasteiger partial charge is 0.323 e. The first-order valence-corrected chi connectivity index (χ1v) is 8.60. The van der Waals surface area contributed by atoms with E-state index in [1.807, 2.05) is 26.1 Å². The number of benzene rings is 1. The van der Waals surface area contributed by atoms with Gasteiger partial charge in [-0.2, -0.15) is 0 Å². The number of rotatable bonds is 6. The van der Waals surface area contributed by atoms with Crippen molar-refractivity contribution in [3.63, 3.8) is 0 Å². The first-order valence-electron chi connectivity index (χ1n) is 6.99. The summed E-state index contributed by atoms with van der Waals surface area (Å²) in [6.07, 6.45) is 0. The molecule has 1 unspecified atom stereocenters. The van der Waals surface area contributed by atoms with E-state index in [9.17, 15) is 14.9 Å². The van der Waals surface area contributed by atoms with E-state index in [1.54, 1.807) is 23.5 Å². The lowest BCUT2D eigenvalue weighted by molar-refractivity contribution is -0.907. The molecular formula is C15H17BrN3O3S+. The lowest BCUT2D eigenvalue weighted by atomic mass is 10.2. The van der Waals surface area contributed by atoms with Crippen LogP contribution in [0.25, 0.3) is 0 Å². The third-order valence-electron chi connectivity index (χ3n) is 3.57. The molecule has 0 aliphatic carbocycles. The zero-order valence-corrected chi connectivity index (χ0v) is 15.1. The number of likely N-dealkylation sites (N-methyl/N-ethyl adjacent to an activating group) is 1. The van der Waals surface area contributed by atoms with E-state index in [4.69, 9.17) is 0 Å². The molecule has 1 aromatic carbocycles. The van der Waals surface area contributed by atoms with Crippen LogP contribution in [-0.4, -0.2) is 23.9 Å². The van der Waals surface area contributed by atoms with Crippen LogP contribution >= 0.6 is 27.3 Å². The van der Waals surface area contributed by atoms with Crippen molar-refractivity contribution in [3.8, 4) is 0 Å². The van der Waals surface area contributed by atoms with Crippen molar-refractivity contribution in [2.24, 2.45) is 0 Å². The number of anilines is 1. The predicted molar refractivity (Wildman–Crippen MR) is 93.8 cm³/mol. The smallest absolute Gasteiger partial charge is 0.292 e. The molecule has 23 heavy (non-hydrogen) atoms. The van der Waals surface area contributed by atoms with Crippen LogP contribution < -0.4 is 10.2 Å². The number of hydrogen-bond acceptors (Lipinski definition) is 4. The zero-order valence-electron chi connectivity index (χ0n) is 12.7. The Balaban J connectivity index is 2.03. The van der Waals surface area contributed by atoms with Gasteiger partial charge in [0.05, 0.1) is 20.6 Å². The van der Waals surface area contributed by atoms with E-state index in [1.165, 1.54) is 17.0 Å². The second kappa shape index (κ2) is 7.67. The van der Waals surface area contributed by atoms with Crippen LogP contribution in [0.4, 0.5) is 11.4 Å². The van der Waals surface area contributed by atoms with Gasteiger partial charge in [0.1, 0.15) is 12.2 Å². The normalized spacial score (nSPS) is 13.3. The lowest BCUT2D eigenvalue weighted by Gasteiger charge is -2.20. The molecule has 0 spiro atoms. The van der Waals surface area contributed by atoms with Crippen molar-refractivity contribution in [1.29, 1.82) is 0 Å². The Bertz CT molecular complexity index is 719. The minimum Gasteiger partial charge on any atom is -0.323 e. The highest BCUT2D eigenvalue weighted by molar-refractivity contribution is 9.11. The van der Waals surface area contributed by atoms with E-state index in [0.29, 0.717) is 6.54 Å². The summed E-state index contributed by atoms with van der Waals surface area (Å²) in [6.45, 7) is 2.52. The lowest BCUT2D eigenvalue weighted by Crippen LogP contribution is -3.12. The van der Waals surface area contributed by atoms with Crippen molar-refractivity contribution in [3.05, 3.63) is 55.2 Å². The van der Waals surface area contributed by atoms with Crippen molar-refractivity contribution >= 4 is 44.5 Å². The summed E-state index contributed by atoms with van der Waals surface area (Å²) in [6, 6.07) is 9.80. The van der Waals surface area contributed by atoms with Crippen LogP contribution in [0.5, 0.6) is 0 Å². The molecule has 0 saturated heterocycles. The number of hydrogen-bond donors (Lipinski definition) is 2. The van der Waals surface area contributed by atoms with E-state index in [0.717, 1.165) is 8.69 Å². The van der Waals surface area contributed by atoms with Gasteiger partial charge in [-0.25, -0.2) is 0 Å². The molecule has 2 N–H and O–H groups in total. The van der Waals surface area contributed by atoms with Crippen LogP contribution in [0.1, 0.15) is 11.8 Å². The summed E-state index contributed by atoms with van der Waals surface area (Å²) < 4.78 is 1.05. The number of nitrogens with zero attached hydrogens (tertiary/aromatic N) is 1. The molecule has 0 radical (unpaired) electrons. The number of thiophene rings is 1. The molecule has 2 atom stereocenters. The van der Waals surface area contributed by atoms with Crippen LogP contribution in [-0.2, 0) is 11.3 Å². The van der Waals surface area contributed by atoms with Gasteiger partial charge >= 0.3 is 0 Å². The third kappa shape index (κ3) is 4.60. The Morgan fingerprint density at radius 2 is 2.09 bits per heavy atom. The standard InChI is InChI=1S/C15H16BrN3O3S/c1-10(18(2)9-11-7-8-14(16)23-11)15(20)17-12-5-3-4-6-13(12)19(21)22/h3-8,10H,9H2,1-2H3,(H,17,20)/p+1/t10-/m1/s1. The zero-order chi connectivity index (χ0) is 17.0. The van der Waals surface area contributed by atoms with Gasteiger partial charge in [-0.3, -0.25) is 14.9 Å². The number of para-hydroxylation sites is 2. The SMILES string of the molecule is C[C@H](C(=O)Nc1ccccc1[N+](=O)[O-])[NH+](C)Cc1ccc(Br)s1. The molecular weight excluding hydrogens is 382 g/mol. The maximum atomic E-state index is 12.4. The van der Waals surface area contributed by atoms with Crippen LogP contribution in [0.3, 0.4) is 0 Å². The van der Waals surface area contributed by atoms with E-state index in [2.05, 4.69) is 21.2 Å². The Kier molecular flexibility index (Phi) is 5.86. The van der Waals surface area contributed by atoms with Gasteiger partial charge in [0.25, 0.3) is 11.6 Å². The van der Waals surface area contributed by atoms with Crippen molar-refractivity contribution in [1.82, 2.24) is 0 Å². The number of nitrogens with one attached hydrogen (secondary N) is 2. The summed E-state index contributed by atoms with van der Waals surface area (Å²) >= 11 is 5.05. The van der Waals surface area contributed by atoms with Crippen LogP contribution in [0, 0.1) is 10.1 Å². The van der Waals surface area contributed by atoms with Crippen molar-refractivity contribution < 1.29 is 14.6 Å². The van der Waals surface area contributed by atoms with Gasteiger partial charge in [-0.1, -0.05) is 12.1 Å². The van der Waals surface area contributed by atoms with Gasteiger partial charge in [-0.15, -0.1) is 11.3 Å². The second-order valence-electron chi connectivity index (χ2n) is 5.21. The fourth-order valence-corrected chi connectivity index (χ4v) is 3.66. The number of quaternary nitrogens is 1. The predicted octanol–water partition coefficient (Wildman–Crippen LogP) is 2.46. The Hall–Kier alpha value is -1.77. The highest BCUT2D eigenvalue weighted by atomic mass is 79.9. The monoisotopic (exact) mass is 398 g/mol. The van der Waals surface area contributed by atoms with Crippen LogP contribution in [0.15, 0.2) is 40.2 Å². The van der Waals surface area contributed by atoms with Crippen molar-refractivity contribution in [2.75, 3.05) is 12.4 Å². The third-order valence-corrected chi connectivity index (χ3v) is 5.20. The quantitative estimate of drug-likeness (QED) is 0.579. The summed E-state index contributed by atoms with van der Waals surface area (Å²) in [5, 5.41) is 13.7. The Labute approximate surface area is 146 Å². The summed E-state index contributed by atoms with van der Waals surface area (Å²) in [5.41, 5.74) is 0.119. The van der Waals surface area contributed by atoms with E-state index >= 15 is 0 Å². The molecule has 2 aromatic rings.